The van der Waals surface area contributed by atoms with E-state index in [1.807, 2.05) is 54.6 Å². The summed E-state index contributed by atoms with van der Waals surface area (Å²) in [6.07, 6.45) is 2.52. The average molecular weight is 418 g/mol. The summed E-state index contributed by atoms with van der Waals surface area (Å²) in [4.78, 5) is 17.7. The van der Waals surface area contributed by atoms with E-state index in [9.17, 15) is 4.79 Å². The first-order valence-electron chi connectivity index (χ1n) is 11.1. The fraction of sp³-hybridized carbons (Fsp3) is 0.346. The Morgan fingerprint density at radius 2 is 1.58 bits per heavy atom. The number of anilines is 1. The number of benzene rings is 2. The van der Waals surface area contributed by atoms with E-state index in [-0.39, 0.29) is 11.8 Å². The highest BCUT2D eigenvalue weighted by molar-refractivity contribution is 5.95. The summed E-state index contributed by atoms with van der Waals surface area (Å²) in [6.45, 7) is 8.07. The Labute approximate surface area is 184 Å². The quantitative estimate of drug-likeness (QED) is 0.576. The molecular weight excluding hydrogens is 386 g/mol. The Hall–Kier alpha value is -2.89. The molecule has 1 amide bonds. The van der Waals surface area contributed by atoms with Crippen LogP contribution in [-0.4, -0.2) is 41.9 Å². The van der Waals surface area contributed by atoms with E-state index < -0.39 is 0 Å². The molecule has 2 aromatic carbocycles. The molecule has 0 aliphatic carbocycles. The standard InChI is InChI=1S/C26H31N3O2/c1-2-25(22-7-4-3-5-8-22)26(30)27-23-12-10-21(11-13-23)19-28-14-16-29(17-15-28)20-24-9-6-18-31-24/h3-13,18,25H,2,14-17,19-20H2,1H3,(H,27,30). The van der Waals surface area contributed by atoms with Crippen LogP contribution in [0.4, 0.5) is 5.69 Å². The third-order valence-electron chi connectivity index (χ3n) is 5.98. The average Bonchev–Trinajstić information content (AvgIpc) is 3.31. The molecule has 31 heavy (non-hydrogen) atoms. The van der Waals surface area contributed by atoms with Crippen LogP contribution < -0.4 is 5.32 Å². The van der Waals surface area contributed by atoms with E-state index in [0.29, 0.717) is 0 Å². The molecule has 162 valence electrons. The van der Waals surface area contributed by atoms with Gasteiger partial charge in [0.1, 0.15) is 5.76 Å². The number of carbonyl (C=O) groups excluding carboxylic acids is 1. The summed E-state index contributed by atoms with van der Waals surface area (Å²) >= 11 is 0. The van der Waals surface area contributed by atoms with Crippen LogP contribution in [0.25, 0.3) is 0 Å². The first-order chi connectivity index (χ1) is 15.2. The van der Waals surface area contributed by atoms with Crippen LogP contribution >= 0.6 is 0 Å². The minimum absolute atomic E-state index is 0.0501. The first-order valence-corrected chi connectivity index (χ1v) is 11.1. The van der Waals surface area contributed by atoms with E-state index in [2.05, 4.69) is 34.2 Å². The largest absolute Gasteiger partial charge is 0.468 e. The van der Waals surface area contributed by atoms with Gasteiger partial charge in [0.15, 0.2) is 0 Å². The van der Waals surface area contributed by atoms with Gasteiger partial charge in [-0.05, 0) is 41.8 Å². The molecule has 1 unspecified atom stereocenters. The Kier molecular flexibility index (Phi) is 7.18. The number of nitrogens with zero attached hydrogens (tertiary/aromatic N) is 2. The highest BCUT2D eigenvalue weighted by Crippen LogP contribution is 2.22. The SMILES string of the molecule is CCC(C(=O)Nc1ccc(CN2CCN(Cc3ccco3)CC2)cc1)c1ccccc1. The molecule has 0 bridgehead atoms. The van der Waals surface area contributed by atoms with Crippen molar-refractivity contribution in [2.75, 3.05) is 31.5 Å². The summed E-state index contributed by atoms with van der Waals surface area (Å²) in [6, 6.07) is 22.2. The van der Waals surface area contributed by atoms with Crippen molar-refractivity contribution >= 4 is 11.6 Å². The Morgan fingerprint density at radius 1 is 0.903 bits per heavy atom. The first kappa shape index (κ1) is 21.3. The van der Waals surface area contributed by atoms with Crippen molar-refractivity contribution in [2.24, 2.45) is 0 Å². The third-order valence-corrected chi connectivity index (χ3v) is 5.98. The maximum absolute atomic E-state index is 12.8. The topological polar surface area (TPSA) is 48.7 Å². The minimum atomic E-state index is -0.127. The van der Waals surface area contributed by atoms with E-state index in [1.54, 1.807) is 6.26 Å². The zero-order valence-corrected chi connectivity index (χ0v) is 18.2. The number of carbonyl (C=O) groups is 1. The van der Waals surface area contributed by atoms with Crippen LogP contribution in [0.3, 0.4) is 0 Å². The van der Waals surface area contributed by atoms with Crippen molar-refractivity contribution < 1.29 is 9.21 Å². The highest BCUT2D eigenvalue weighted by Gasteiger charge is 2.19. The molecular formula is C26H31N3O2. The fourth-order valence-corrected chi connectivity index (χ4v) is 4.17. The lowest BCUT2D eigenvalue weighted by atomic mass is 9.95. The Morgan fingerprint density at radius 3 is 2.19 bits per heavy atom. The van der Waals surface area contributed by atoms with E-state index in [1.165, 1.54) is 5.56 Å². The number of hydrogen-bond acceptors (Lipinski definition) is 4. The van der Waals surface area contributed by atoms with Crippen LogP contribution in [0, 0.1) is 0 Å². The summed E-state index contributed by atoms with van der Waals surface area (Å²) in [5.41, 5.74) is 3.18. The molecule has 0 saturated carbocycles. The van der Waals surface area contributed by atoms with Crippen molar-refractivity contribution in [1.82, 2.24) is 9.80 Å². The molecule has 1 aliphatic heterocycles. The second-order valence-corrected chi connectivity index (χ2v) is 8.19. The maximum Gasteiger partial charge on any atom is 0.231 e. The summed E-state index contributed by atoms with van der Waals surface area (Å²) in [7, 11) is 0. The normalized spacial score (nSPS) is 16.2. The van der Waals surface area contributed by atoms with Gasteiger partial charge in [0.2, 0.25) is 5.91 Å². The van der Waals surface area contributed by atoms with Crippen molar-refractivity contribution in [3.05, 3.63) is 89.9 Å². The van der Waals surface area contributed by atoms with E-state index in [0.717, 1.165) is 62.7 Å². The summed E-state index contributed by atoms with van der Waals surface area (Å²) in [5.74, 6) is 0.955. The molecule has 1 fully saturated rings. The molecule has 1 aliphatic rings. The van der Waals surface area contributed by atoms with Gasteiger partial charge in [-0.25, -0.2) is 0 Å². The molecule has 1 saturated heterocycles. The van der Waals surface area contributed by atoms with Crippen LogP contribution in [-0.2, 0) is 17.9 Å². The predicted octanol–water partition coefficient (Wildman–Crippen LogP) is 4.73. The maximum atomic E-state index is 12.8. The van der Waals surface area contributed by atoms with Gasteiger partial charge in [-0.1, -0.05) is 49.4 Å². The number of rotatable bonds is 8. The molecule has 0 radical (unpaired) electrons. The molecule has 0 spiro atoms. The molecule has 5 heteroatoms. The van der Waals surface area contributed by atoms with Gasteiger partial charge in [-0.2, -0.15) is 0 Å². The van der Waals surface area contributed by atoms with Crippen LogP contribution in [0.1, 0.15) is 36.1 Å². The lowest BCUT2D eigenvalue weighted by molar-refractivity contribution is -0.117. The molecule has 1 atom stereocenters. The third kappa shape index (κ3) is 5.84. The number of furan rings is 1. The highest BCUT2D eigenvalue weighted by atomic mass is 16.3. The Balaban J connectivity index is 1.26. The van der Waals surface area contributed by atoms with Crippen molar-refractivity contribution in [1.29, 1.82) is 0 Å². The zero-order valence-electron chi connectivity index (χ0n) is 18.2. The zero-order chi connectivity index (χ0) is 21.5. The second-order valence-electron chi connectivity index (χ2n) is 8.19. The molecule has 1 N–H and O–H groups in total. The van der Waals surface area contributed by atoms with Crippen LogP contribution in [0.2, 0.25) is 0 Å². The fourth-order valence-electron chi connectivity index (χ4n) is 4.17. The van der Waals surface area contributed by atoms with Gasteiger partial charge >= 0.3 is 0 Å². The van der Waals surface area contributed by atoms with Gasteiger partial charge in [0, 0.05) is 38.4 Å². The molecule has 4 rings (SSSR count). The molecule has 1 aromatic heterocycles. The van der Waals surface area contributed by atoms with Crippen molar-refractivity contribution in [3.8, 4) is 0 Å². The number of nitrogens with one attached hydrogen (secondary N) is 1. The number of piperazine rings is 1. The lowest BCUT2D eigenvalue weighted by Crippen LogP contribution is -2.45. The Bertz CT molecular complexity index is 931. The van der Waals surface area contributed by atoms with Crippen molar-refractivity contribution in [3.63, 3.8) is 0 Å². The lowest BCUT2D eigenvalue weighted by Gasteiger charge is -2.34. The molecule has 5 nitrogen and oxygen atoms in total. The predicted molar refractivity (Wildman–Crippen MR) is 124 cm³/mol. The van der Waals surface area contributed by atoms with E-state index >= 15 is 0 Å². The van der Waals surface area contributed by atoms with Crippen molar-refractivity contribution in [2.45, 2.75) is 32.4 Å². The van der Waals surface area contributed by atoms with Gasteiger partial charge in [-0.3, -0.25) is 14.6 Å². The van der Waals surface area contributed by atoms with Gasteiger partial charge in [0.05, 0.1) is 18.7 Å². The molecule has 3 aromatic rings. The van der Waals surface area contributed by atoms with Gasteiger partial charge in [0.25, 0.3) is 0 Å². The summed E-state index contributed by atoms with van der Waals surface area (Å²) < 4.78 is 5.46. The number of amides is 1. The van der Waals surface area contributed by atoms with Crippen LogP contribution in [0.15, 0.2) is 77.4 Å². The van der Waals surface area contributed by atoms with E-state index in [4.69, 9.17) is 4.42 Å². The minimum Gasteiger partial charge on any atom is -0.468 e. The number of hydrogen-bond donors (Lipinski definition) is 1. The monoisotopic (exact) mass is 417 g/mol. The summed E-state index contributed by atoms with van der Waals surface area (Å²) in [5, 5.41) is 3.08. The van der Waals surface area contributed by atoms with Crippen LogP contribution in [0.5, 0.6) is 0 Å². The molecule has 2 heterocycles. The van der Waals surface area contributed by atoms with Gasteiger partial charge < -0.3 is 9.73 Å². The van der Waals surface area contributed by atoms with Gasteiger partial charge in [-0.15, -0.1) is 0 Å². The smallest absolute Gasteiger partial charge is 0.231 e. The second kappa shape index (κ2) is 10.4.